The van der Waals surface area contributed by atoms with Crippen LogP contribution in [0.1, 0.15) is 108 Å². The Kier molecular flexibility index (Phi) is 28.3. The molecule has 0 bridgehead atoms. The van der Waals surface area contributed by atoms with Gasteiger partial charge in [0.05, 0.1) is 18.6 Å². The zero-order valence-corrected chi connectivity index (χ0v) is 32.8. The van der Waals surface area contributed by atoms with Crippen LogP contribution in [0.5, 0.6) is 0 Å². The minimum Gasteiger partial charge on any atom is -0.354 e. The number of alkyl halides is 2. The average Bonchev–Trinajstić information content (AvgIpc) is 3.71. The second kappa shape index (κ2) is 26.9. The SMILES string of the molecule is CC.CC(F)F.CCC.CN1CCCC1C(=O)NCC(=O)NCC1CC1.CSN(C)CC(NC(=O)NC(C=O)C(C)(C)C)C(C)(C)C. The van der Waals surface area contributed by atoms with Gasteiger partial charge in [-0.2, -0.15) is 0 Å². The Labute approximate surface area is 290 Å². The summed E-state index contributed by atoms with van der Waals surface area (Å²) in [6.45, 7) is 23.7. The highest BCUT2D eigenvalue weighted by Gasteiger charge is 2.31. The monoisotopic (exact) mass is 697 g/mol. The number of amides is 4. The van der Waals surface area contributed by atoms with Crippen LogP contribution in [0, 0.1) is 16.7 Å². The van der Waals surface area contributed by atoms with Crippen molar-refractivity contribution in [3.05, 3.63) is 0 Å². The van der Waals surface area contributed by atoms with Crippen molar-refractivity contribution in [2.75, 3.05) is 46.5 Å². The molecule has 1 saturated heterocycles. The molecule has 1 heterocycles. The molecule has 2 aliphatic rings. The molecular formula is C34H70F2N6O4S. The van der Waals surface area contributed by atoms with Crippen LogP contribution in [0.3, 0.4) is 0 Å². The van der Waals surface area contributed by atoms with Gasteiger partial charge in [-0.05, 0) is 76.3 Å². The van der Waals surface area contributed by atoms with Gasteiger partial charge in [-0.25, -0.2) is 13.6 Å². The number of nitrogens with one attached hydrogen (secondary N) is 4. The summed E-state index contributed by atoms with van der Waals surface area (Å²) >= 11 is 1.62. The van der Waals surface area contributed by atoms with Crippen molar-refractivity contribution in [3.8, 4) is 0 Å². The number of carbonyl (C=O) groups is 4. The number of likely N-dealkylation sites (N-methyl/N-ethyl adjacent to an activating group) is 2. The molecule has 3 atom stereocenters. The van der Waals surface area contributed by atoms with E-state index in [0.717, 1.165) is 45.7 Å². The van der Waals surface area contributed by atoms with Crippen molar-refractivity contribution in [1.82, 2.24) is 30.5 Å². The van der Waals surface area contributed by atoms with Crippen LogP contribution in [0.25, 0.3) is 0 Å². The topological polar surface area (TPSA) is 123 Å². The number of likely N-dealkylation sites (tertiary alicyclic amines) is 1. The van der Waals surface area contributed by atoms with Crippen LogP contribution in [0.4, 0.5) is 13.6 Å². The highest BCUT2D eigenvalue weighted by Crippen LogP contribution is 2.27. The molecule has 280 valence electrons. The lowest BCUT2D eigenvalue weighted by molar-refractivity contribution is -0.128. The normalized spacial score (nSPS) is 17.1. The molecule has 13 heteroatoms. The van der Waals surface area contributed by atoms with E-state index in [1.807, 2.05) is 59.9 Å². The first-order valence-corrected chi connectivity index (χ1v) is 18.2. The van der Waals surface area contributed by atoms with E-state index in [1.165, 1.54) is 19.3 Å². The highest BCUT2D eigenvalue weighted by molar-refractivity contribution is 7.96. The van der Waals surface area contributed by atoms with Crippen molar-refractivity contribution in [1.29, 1.82) is 0 Å². The third-order valence-corrected chi connectivity index (χ3v) is 7.76. The molecule has 47 heavy (non-hydrogen) atoms. The molecule has 0 aromatic carbocycles. The first kappa shape index (κ1) is 49.4. The number of rotatable bonds is 11. The molecule has 0 aromatic rings. The Morgan fingerprint density at radius 3 is 1.85 bits per heavy atom. The van der Waals surface area contributed by atoms with E-state index in [9.17, 15) is 28.0 Å². The first-order chi connectivity index (χ1) is 21.7. The van der Waals surface area contributed by atoms with E-state index in [2.05, 4.69) is 60.2 Å². The van der Waals surface area contributed by atoms with E-state index >= 15 is 0 Å². The van der Waals surface area contributed by atoms with E-state index < -0.39 is 12.5 Å². The van der Waals surface area contributed by atoms with Crippen molar-refractivity contribution in [3.63, 3.8) is 0 Å². The van der Waals surface area contributed by atoms with Crippen LogP contribution >= 0.6 is 11.9 Å². The Morgan fingerprint density at radius 2 is 1.49 bits per heavy atom. The van der Waals surface area contributed by atoms with Crippen LogP contribution in [-0.4, -0.2) is 104 Å². The van der Waals surface area contributed by atoms with Gasteiger partial charge in [0.2, 0.25) is 18.2 Å². The maximum atomic E-state index is 12.2. The van der Waals surface area contributed by atoms with Crippen molar-refractivity contribution >= 4 is 36.1 Å². The van der Waals surface area contributed by atoms with Crippen LogP contribution in [0.15, 0.2) is 0 Å². The van der Waals surface area contributed by atoms with Gasteiger partial charge in [-0.3, -0.25) is 18.8 Å². The lowest BCUT2D eigenvalue weighted by Crippen LogP contribution is -2.55. The summed E-state index contributed by atoms with van der Waals surface area (Å²) in [6.07, 6.45) is 6.27. The summed E-state index contributed by atoms with van der Waals surface area (Å²) in [5.41, 5.74) is -0.369. The molecule has 2 fully saturated rings. The average molecular weight is 697 g/mol. The quantitative estimate of drug-likeness (QED) is 0.155. The summed E-state index contributed by atoms with van der Waals surface area (Å²) in [5, 5.41) is 11.3. The fourth-order valence-corrected chi connectivity index (χ4v) is 4.13. The summed E-state index contributed by atoms with van der Waals surface area (Å²) in [6, 6.07) is -0.860. The Hall–Kier alpha value is -1.99. The summed E-state index contributed by atoms with van der Waals surface area (Å²) < 4.78 is 22.7. The van der Waals surface area contributed by atoms with Gasteiger partial charge in [-0.1, -0.05) is 87.6 Å². The van der Waals surface area contributed by atoms with E-state index in [1.54, 1.807) is 11.9 Å². The smallest absolute Gasteiger partial charge is 0.315 e. The fourth-order valence-electron chi connectivity index (χ4n) is 3.83. The Balaban J connectivity index is -0.000000663. The van der Waals surface area contributed by atoms with Gasteiger partial charge in [0.25, 0.3) is 0 Å². The molecule has 0 radical (unpaired) electrons. The molecule has 1 aliphatic carbocycles. The maximum absolute atomic E-state index is 12.2. The third kappa shape index (κ3) is 27.6. The van der Waals surface area contributed by atoms with Gasteiger partial charge in [0, 0.05) is 19.1 Å². The Morgan fingerprint density at radius 1 is 0.979 bits per heavy atom. The summed E-state index contributed by atoms with van der Waals surface area (Å²) in [7, 11) is 3.94. The van der Waals surface area contributed by atoms with Crippen molar-refractivity contribution < 1.29 is 28.0 Å². The number of nitrogens with zero attached hydrogens (tertiary/aromatic N) is 2. The first-order valence-electron chi connectivity index (χ1n) is 17.0. The predicted molar refractivity (Wildman–Crippen MR) is 194 cm³/mol. The zero-order valence-electron chi connectivity index (χ0n) is 32.0. The van der Waals surface area contributed by atoms with Crippen LogP contribution < -0.4 is 21.3 Å². The fraction of sp³-hybridized carbons (Fsp3) is 0.882. The molecule has 10 nitrogen and oxygen atoms in total. The van der Waals surface area contributed by atoms with E-state index in [0.29, 0.717) is 5.92 Å². The van der Waals surface area contributed by atoms with E-state index in [-0.39, 0.29) is 47.3 Å². The number of hydrogen-bond acceptors (Lipinski definition) is 7. The Bertz CT molecular complexity index is 849. The zero-order chi connectivity index (χ0) is 37.4. The second-order valence-corrected chi connectivity index (χ2v) is 14.8. The molecule has 3 unspecified atom stereocenters. The van der Waals surface area contributed by atoms with Crippen LogP contribution in [-0.2, 0) is 14.4 Å². The van der Waals surface area contributed by atoms with Gasteiger partial charge in [0.1, 0.15) is 6.29 Å². The minimum atomic E-state index is -2.17. The van der Waals surface area contributed by atoms with E-state index in [4.69, 9.17) is 0 Å². The number of hydrogen-bond donors (Lipinski definition) is 4. The number of urea groups is 1. The van der Waals surface area contributed by atoms with Gasteiger partial charge >= 0.3 is 6.03 Å². The summed E-state index contributed by atoms with van der Waals surface area (Å²) in [4.78, 5) is 48.6. The van der Waals surface area contributed by atoms with Gasteiger partial charge < -0.3 is 26.1 Å². The summed E-state index contributed by atoms with van der Waals surface area (Å²) in [5.74, 6) is 0.577. The largest absolute Gasteiger partial charge is 0.354 e. The highest BCUT2D eigenvalue weighted by atomic mass is 32.2. The lowest BCUT2D eigenvalue weighted by Gasteiger charge is -2.35. The van der Waals surface area contributed by atoms with Gasteiger partial charge in [-0.15, -0.1) is 0 Å². The van der Waals surface area contributed by atoms with Gasteiger partial charge in [0.15, 0.2) is 0 Å². The number of carbonyl (C=O) groups excluding carboxylic acids is 4. The standard InChI is InChI=1S/C15H31N3O2S.C12H21N3O2.C3H8.C2H4F2.C2H6/c1-14(2,3)11(9-18(7)21-8)16-13(20)17-12(10-19)15(4,5)6;1-15-6-2-3-10(15)12(17)14-8-11(16)13-7-9-4-5-9;1-3-2;1-2(3)4;1-2/h10-12H,9H2,1-8H3,(H2,16,17,20);9-10H,2-8H2,1H3,(H,13,16)(H,14,17);3H2,1-2H3;2H,1H3;1-2H3. The molecule has 0 spiro atoms. The van der Waals surface area contributed by atoms with Crippen LogP contribution in [0.2, 0.25) is 0 Å². The third-order valence-electron chi connectivity index (χ3n) is 6.99. The number of halogens is 2. The van der Waals surface area contributed by atoms with Crippen molar-refractivity contribution in [2.45, 2.75) is 133 Å². The van der Waals surface area contributed by atoms with Crippen molar-refractivity contribution in [2.24, 2.45) is 16.7 Å². The molecule has 4 amide bonds. The molecular weight excluding hydrogens is 626 g/mol. The molecule has 4 N–H and O–H groups in total. The molecule has 1 saturated carbocycles. The molecule has 1 aliphatic heterocycles. The number of aldehydes is 1. The maximum Gasteiger partial charge on any atom is 0.315 e. The molecule has 2 rings (SSSR count). The second-order valence-electron chi connectivity index (χ2n) is 13.8. The predicted octanol–water partition coefficient (Wildman–Crippen LogP) is 5.96. The molecule has 0 aromatic heterocycles. The lowest BCUT2D eigenvalue weighted by atomic mass is 9.86. The minimum absolute atomic E-state index is 0.0118.